The summed E-state index contributed by atoms with van der Waals surface area (Å²) < 4.78 is 8.01. The van der Waals surface area contributed by atoms with Crippen LogP contribution >= 0.6 is 0 Å². The van der Waals surface area contributed by atoms with E-state index in [4.69, 9.17) is 17.2 Å². The van der Waals surface area contributed by atoms with Gasteiger partial charge in [-0.15, -0.1) is 0 Å². The van der Waals surface area contributed by atoms with Gasteiger partial charge in [0.25, 0.3) is 0 Å². The van der Waals surface area contributed by atoms with Crippen LogP contribution in [0.25, 0.3) is 65.4 Å². The van der Waals surface area contributed by atoms with Gasteiger partial charge in [0, 0.05) is 82.6 Å². The standard InChI is InChI=1S/C46H62N6/c1-29(47)24-25-44(6,7)50-33-21-15-12-18-30(33)36-39(50)38-32-20-14-17-23-35(32)52(46(10,11)28-43(4,5)49)41(38)37-31-19-13-16-22-34(31)51(40(36)37)45(8,9)27-26-42(2,3)48/h12-23,29H,24-28,47-49H2,1-11H3. The lowest BCUT2D eigenvalue weighted by Gasteiger charge is -2.36. The van der Waals surface area contributed by atoms with E-state index in [9.17, 15) is 0 Å². The summed E-state index contributed by atoms with van der Waals surface area (Å²) in [5, 5.41) is 7.80. The van der Waals surface area contributed by atoms with E-state index in [1.54, 1.807) is 0 Å². The molecule has 4 aromatic carbocycles. The van der Waals surface area contributed by atoms with Gasteiger partial charge < -0.3 is 30.9 Å². The normalized spacial score (nSPS) is 14.7. The first kappa shape index (κ1) is 36.5. The van der Waals surface area contributed by atoms with Crippen molar-refractivity contribution in [2.45, 2.75) is 142 Å². The average molecular weight is 699 g/mol. The number of rotatable bonds is 11. The molecule has 0 spiro atoms. The Kier molecular flexibility index (Phi) is 8.49. The second-order valence-corrected chi connectivity index (χ2v) is 19.3. The molecule has 1 unspecified atom stereocenters. The van der Waals surface area contributed by atoms with E-state index in [0.29, 0.717) is 0 Å². The SMILES string of the molecule is CC(N)CCC(C)(C)n1c2ccccc2c2c1c1c3ccccc3n(C(C)(C)CC(C)(C)N)c1c1c3ccccc3n(C(C)(C)CCC(C)(C)N)c21. The van der Waals surface area contributed by atoms with E-state index >= 15 is 0 Å². The van der Waals surface area contributed by atoms with Gasteiger partial charge in [0.1, 0.15) is 0 Å². The largest absolute Gasteiger partial charge is 0.334 e. The fraction of sp³-hybridized carbons (Fsp3) is 0.478. The van der Waals surface area contributed by atoms with Gasteiger partial charge in [-0.2, -0.15) is 0 Å². The monoisotopic (exact) mass is 699 g/mol. The van der Waals surface area contributed by atoms with E-state index < -0.39 is 0 Å². The van der Waals surface area contributed by atoms with Crippen molar-refractivity contribution in [3.05, 3.63) is 72.8 Å². The van der Waals surface area contributed by atoms with E-state index in [0.717, 1.165) is 32.1 Å². The molecule has 0 saturated carbocycles. The van der Waals surface area contributed by atoms with E-state index in [2.05, 4.69) is 163 Å². The van der Waals surface area contributed by atoms with Crippen molar-refractivity contribution in [3.63, 3.8) is 0 Å². The molecule has 1 atom stereocenters. The lowest BCUT2D eigenvalue weighted by molar-refractivity contribution is 0.272. The Balaban J connectivity index is 1.84. The predicted molar refractivity (Wildman–Crippen MR) is 227 cm³/mol. The molecule has 6 N–H and O–H groups in total. The molecule has 0 saturated heterocycles. The first-order valence-corrected chi connectivity index (χ1v) is 19.4. The Labute approximate surface area is 310 Å². The smallest absolute Gasteiger partial charge is 0.0619 e. The molecule has 0 fully saturated rings. The molecule has 0 bridgehead atoms. The number of benzene rings is 4. The number of hydrogen-bond donors (Lipinski definition) is 3. The van der Waals surface area contributed by atoms with Crippen LogP contribution in [0.2, 0.25) is 0 Å². The topological polar surface area (TPSA) is 92.8 Å². The van der Waals surface area contributed by atoms with Gasteiger partial charge in [0.05, 0.1) is 16.6 Å². The zero-order chi connectivity index (χ0) is 37.8. The molecule has 0 radical (unpaired) electrons. The minimum atomic E-state index is -0.370. The third-order valence-corrected chi connectivity index (χ3v) is 11.6. The Hall–Kier alpha value is -3.84. The maximum absolute atomic E-state index is 6.89. The van der Waals surface area contributed by atoms with Gasteiger partial charge in [-0.05, 0) is 126 Å². The molecular formula is C46H62N6. The number of nitrogens with two attached hydrogens (primary N) is 3. The van der Waals surface area contributed by atoms with E-state index in [-0.39, 0.29) is 33.7 Å². The van der Waals surface area contributed by atoms with Crippen LogP contribution < -0.4 is 17.2 Å². The average Bonchev–Trinajstić information content (AvgIpc) is 3.68. The highest BCUT2D eigenvalue weighted by Gasteiger charge is 2.37. The zero-order valence-electron chi connectivity index (χ0n) is 33.6. The van der Waals surface area contributed by atoms with Crippen LogP contribution in [0.5, 0.6) is 0 Å². The molecule has 6 nitrogen and oxygen atoms in total. The van der Waals surface area contributed by atoms with Crippen LogP contribution in [0, 0.1) is 0 Å². The van der Waals surface area contributed by atoms with Crippen LogP contribution in [0.1, 0.15) is 108 Å². The molecule has 0 aliphatic rings. The summed E-state index contributed by atoms with van der Waals surface area (Å²) in [7, 11) is 0. The highest BCUT2D eigenvalue weighted by atomic mass is 15.1. The minimum absolute atomic E-state index is 0.122. The van der Waals surface area contributed by atoms with Crippen LogP contribution in [-0.2, 0) is 16.6 Å². The van der Waals surface area contributed by atoms with Crippen molar-refractivity contribution in [1.82, 2.24) is 13.7 Å². The van der Waals surface area contributed by atoms with Crippen molar-refractivity contribution in [3.8, 4) is 0 Å². The Morgan fingerprint density at radius 1 is 0.481 bits per heavy atom. The summed E-state index contributed by atoms with van der Waals surface area (Å²) >= 11 is 0. The van der Waals surface area contributed by atoms with Crippen molar-refractivity contribution in [2.75, 3.05) is 0 Å². The quantitative estimate of drug-likeness (QED) is 0.126. The summed E-state index contributed by atoms with van der Waals surface area (Å²) in [4.78, 5) is 0. The third-order valence-electron chi connectivity index (χ3n) is 11.6. The number of aromatic nitrogens is 3. The van der Waals surface area contributed by atoms with Crippen molar-refractivity contribution >= 4 is 65.4 Å². The molecule has 3 aromatic heterocycles. The molecule has 276 valence electrons. The van der Waals surface area contributed by atoms with Gasteiger partial charge in [-0.3, -0.25) is 0 Å². The molecule has 3 heterocycles. The van der Waals surface area contributed by atoms with Gasteiger partial charge >= 0.3 is 0 Å². The zero-order valence-corrected chi connectivity index (χ0v) is 33.6. The highest BCUT2D eigenvalue weighted by Crippen LogP contribution is 2.52. The van der Waals surface area contributed by atoms with Gasteiger partial charge in [-0.1, -0.05) is 54.6 Å². The van der Waals surface area contributed by atoms with Crippen LogP contribution in [0.3, 0.4) is 0 Å². The first-order valence-electron chi connectivity index (χ1n) is 19.4. The summed E-state index contributed by atoms with van der Waals surface area (Å²) in [5.41, 5.74) is 26.3. The summed E-state index contributed by atoms with van der Waals surface area (Å²) in [6.07, 6.45) is 4.56. The first-order chi connectivity index (χ1) is 24.1. The summed E-state index contributed by atoms with van der Waals surface area (Å²) in [5.74, 6) is 0. The summed E-state index contributed by atoms with van der Waals surface area (Å²) in [6, 6.07) is 27.3. The van der Waals surface area contributed by atoms with Crippen molar-refractivity contribution in [2.24, 2.45) is 17.2 Å². The number of hydrogen-bond acceptors (Lipinski definition) is 3. The van der Waals surface area contributed by atoms with E-state index in [1.165, 1.54) is 65.4 Å². The highest BCUT2D eigenvalue weighted by molar-refractivity contribution is 6.39. The number of fused-ring (bicyclic) bond motifs is 12. The molecular weight excluding hydrogens is 637 g/mol. The van der Waals surface area contributed by atoms with Gasteiger partial charge in [-0.25, -0.2) is 0 Å². The molecule has 0 aliphatic carbocycles. The predicted octanol–water partition coefficient (Wildman–Crippen LogP) is 11.0. The van der Waals surface area contributed by atoms with Crippen LogP contribution in [-0.4, -0.2) is 30.8 Å². The Bertz CT molecular complexity index is 2460. The molecule has 7 rings (SSSR count). The molecule has 6 heteroatoms. The van der Waals surface area contributed by atoms with Crippen molar-refractivity contribution in [1.29, 1.82) is 0 Å². The molecule has 52 heavy (non-hydrogen) atoms. The van der Waals surface area contributed by atoms with Crippen LogP contribution in [0.15, 0.2) is 72.8 Å². The lowest BCUT2D eigenvalue weighted by Crippen LogP contribution is -2.41. The van der Waals surface area contributed by atoms with E-state index in [1.807, 2.05) is 0 Å². The Morgan fingerprint density at radius 3 is 1.17 bits per heavy atom. The number of para-hydroxylation sites is 3. The van der Waals surface area contributed by atoms with Gasteiger partial charge in [0.2, 0.25) is 0 Å². The minimum Gasteiger partial charge on any atom is -0.334 e. The molecule has 0 amide bonds. The van der Waals surface area contributed by atoms with Crippen LogP contribution in [0.4, 0.5) is 0 Å². The summed E-state index contributed by atoms with van der Waals surface area (Å²) in [6.45, 7) is 25.1. The maximum atomic E-state index is 6.89. The molecule has 7 aromatic rings. The Morgan fingerprint density at radius 2 is 0.827 bits per heavy atom. The van der Waals surface area contributed by atoms with Crippen molar-refractivity contribution < 1.29 is 0 Å². The fourth-order valence-electron chi connectivity index (χ4n) is 9.66. The van der Waals surface area contributed by atoms with Gasteiger partial charge in [0.15, 0.2) is 0 Å². The molecule has 0 aliphatic heterocycles. The lowest BCUT2D eigenvalue weighted by atomic mass is 9.87. The third kappa shape index (κ3) is 5.91. The fourth-order valence-corrected chi connectivity index (χ4v) is 9.66. The number of nitrogens with zero attached hydrogens (tertiary/aromatic N) is 3. The second-order valence-electron chi connectivity index (χ2n) is 19.3. The second kappa shape index (κ2) is 12.1. The maximum Gasteiger partial charge on any atom is 0.0619 e.